The normalized spacial score (nSPS) is 25.5. The van der Waals surface area contributed by atoms with Crippen molar-refractivity contribution in [3.8, 4) is 0 Å². The van der Waals surface area contributed by atoms with Crippen molar-refractivity contribution in [2.45, 2.75) is 209 Å². The summed E-state index contributed by atoms with van der Waals surface area (Å²) in [6, 6.07) is -1.80. The first-order valence-electron chi connectivity index (χ1n) is 29.8. The lowest BCUT2D eigenvalue weighted by molar-refractivity contribution is -0.237. The van der Waals surface area contributed by atoms with Crippen molar-refractivity contribution in [1.82, 2.24) is 31.9 Å². The molecule has 0 aromatic carbocycles. The van der Waals surface area contributed by atoms with E-state index in [1.165, 1.54) is 13.8 Å². The first kappa shape index (κ1) is 71.0. The molecule has 4 rings (SSSR count). The minimum absolute atomic E-state index is 0.00830. The Kier molecular flexibility index (Phi) is 33.5. The van der Waals surface area contributed by atoms with E-state index in [0.717, 1.165) is 44.9 Å². The van der Waals surface area contributed by atoms with Gasteiger partial charge in [-0.15, -0.1) is 0 Å². The van der Waals surface area contributed by atoms with Crippen molar-refractivity contribution in [2.75, 3.05) is 92.2 Å². The number of unbranched alkanes of at least 4 members (excludes halogenated alkanes) is 9. The third-order valence-electron chi connectivity index (χ3n) is 14.8. The van der Waals surface area contributed by atoms with Crippen LogP contribution in [-0.2, 0) is 76.3 Å². The summed E-state index contributed by atoms with van der Waals surface area (Å²) in [6.45, 7) is 5.09. The fourth-order valence-electron chi connectivity index (χ4n) is 10.1. The van der Waals surface area contributed by atoms with Gasteiger partial charge in [0.05, 0.1) is 52.9 Å². The predicted molar refractivity (Wildman–Crippen MR) is 295 cm³/mol. The Morgan fingerprint density at radius 2 is 0.843 bits per heavy atom. The SMILES string of the molecule is CC(=O)N[C@H]1[C@H]2OC[C@](COCCCCC(=O)NCCCNC(=O)CCOCC(COCCC(=O)NCCCNC(=O)CCCCOC[C@@]34CO[C@@H](O3)[C@H](NC(C)=O)[C@@H](O)[C@H]4O)CC(=O)CCCCCCCCCCC(=O)O)(O2)[C@H](O)[C@@H]1O. The molecule has 6 amide bonds. The van der Waals surface area contributed by atoms with Crippen LogP contribution in [0.2, 0.25) is 0 Å². The Balaban J connectivity index is 1.01. The Morgan fingerprint density at radius 3 is 1.24 bits per heavy atom. The lowest BCUT2D eigenvalue weighted by Crippen LogP contribution is -2.66. The number of rotatable bonds is 47. The number of aliphatic hydroxyl groups is 4. The third kappa shape index (κ3) is 26.7. The number of hydrogen-bond donors (Lipinski definition) is 11. The fraction of sp³-hybridized carbons (Fsp3) is 0.857. The van der Waals surface area contributed by atoms with Crippen LogP contribution in [0.4, 0.5) is 0 Å². The molecule has 0 aliphatic carbocycles. The van der Waals surface area contributed by atoms with Gasteiger partial charge in [0.1, 0.15) is 53.5 Å². The summed E-state index contributed by atoms with van der Waals surface area (Å²) in [5, 5.41) is 67.6. The molecule has 83 heavy (non-hydrogen) atoms. The summed E-state index contributed by atoms with van der Waals surface area (Å²) in [4.78, 5) is 96.5. The maximum atomic E-state index is 13.0. The molecule has 11 N–H and O–H groups in total. The second-order valence-corrected chi connectivity index (χ2v) is 22.2. The summed E-state index contributed by atoms with van der Waals surface area (Å²) in [6.07, 6.45) is 5.03. The number of nitrogens with one attached hydrogen (secondary N) is 6. The van der Waals surface area contributed by atoms with Crippen molar-refractivity contribution < 1.29 is 102 Å². The highest BCUT2D eigenvalue weighted by Crippen LogP contribution is 2.38. The molecule has 4 bridgehead atoms. The fourth-order valence-corrected chi connectivity index (χ4v) is 10.1. The van der Waals surface area contributed by atoms with Crippen LogP contribution < -0.4 is 31.9 Å². The zero-order valence-electron chi connectivity index (χ0n) is 48.7. The van der Waals surface area contributed by atoms with Gasteiger partial charge in [-0.2, -0.15) is 0 Å². The highest BCUT2D eigenvalue weighted by atomic mass is 16.8. The van der Waals surface area contributed by atoms with E-state index in [1.807, 2.05) is 0 Å². The summed E-state index contributed by atoms with van der Waals surface area (Å²) in [7, 11) is 0. The van der Waals surface area contributed by atoms with E-state index in [9.17, 15) is 58.8 Å². The number of carbonyl (C=O) groups is 8. The first-order chi connectivity index (χ1) is 39.8. The second-order valence-electron chi connectivity index (χ2n) is 22.2. The third-order valence-corrected chi connectivity index (χ3v) is 14.8. The summed E-state index contributed by atoms with van der Waals surface area (Å²) in [5.41, 5.74) is -2.51. The number of fused-ring (bicyclic) bond motifs is 4. The summed E-state index contributed by atoms with van der Waals surface area (Å²) < 4.78 is 45.9. The molecular formula is C56H96N6O21. The van der Waals surface area contributed by atoms with Crippen LogP contribution >= 0.6 is 0 Å². The van der Waals surface area contributed by atoms with E-state index >= 15 is 0 Å². The molecule has 10 atom stereocenters. The van der Waals surface area contributed by atoms with Gasteiger partial charge in [0.2, 0.25) is 35.4 Å². The van der Waals surface area contributed by atoms with Gasteiger partial charge in [0.15, 0.2) is 12.6 Å². The van der Waals surface area contributed by atoms with Crippen LogP contribution in [0.25, 0.3) is 0 Å². The molecule has 4 fully saturated rings. The van der Waals surface area contributed by atoms with Crippen LogP contribution in [0.1, 0.15) is 149 Å². The molecule has 4 aliphatic heterocycles. The van der Waals surface area contributed by atoms with Crippen molar-refractivity contribution in [3.05, 3.63) is 0 Å². The number of hydrogen-bond acceptors (Lipinski definition) is 20. The maximum Gasteiger partial charge on any atom is 0.303 e. The molecule has 0 spiro atoms. The zero-order chi connectivity index (χ0) is 60.5. The second kappa shape index (κ2) is 39.2. The Hall–Kier alpha value is -4.52. The molecule has 27 heteroatoms. The molecule has 476 valence electrons. The van der Waals surface area contributed by atoms with Crippen LogP contribution in [0, 0.1) is 5.92 Å². The number of ketones is 1. The number of Topliss-reactive ketones (excluding diaryl/α,β-unsaturated/α-hetero) is 1. The molecule has 0 unspecified atom stereocenters. The molecule has 0 aromatic rings. The molecule has 27 nitrogen and oxygen atoms in total. The molecule has 0 saturated carbocycles. The molecular weight excluding hydrogens is 1090 g/mol. The smallest absolute Gasteiger partial charge is 0.303 e. The number of aliphatic carboxylic acids is 1. The monoisotopic (exact) mass is 1190 g/mol. The molecule has 0 radical (unpaired) electrons. The van der Waals surface area contributed by atoms with Crippen molar-refractivity contribution in [1.29, 1.82) is 0 Å². The lowest BCUT2D eigenvalue weighted by Gasteiger charge is -2.42. The van der Waals surface area contributed by atoms with E-state index in [-0.39, 0.29) is 140 Å². The number of aliphatic hydroxyl groups excluding tert-OH is 4. The predicted octanol–water partition coefficient (Wildman–Crippen LogP) is -0.317. The minimum Gasteiger partial charge on any atom is -0.481 e. The van der Waals surface area contributed by atoms with Gasteiger partial charge in [0, 0.05) is 104 Å². The van der Waals surface area contributed by atoms with Gasteiger partial charge in [-0.05, 0) is 51.4 Å². The van der Waals surface area contributed by atoms with Gasteiger partial charge < -0.3 is 95.3 Å². The highest BCUT2D eigenvalue weighted by Gasteiger charge is 2.61. The van der Waals surface area contributed by atoms with Crippen LogP contribution in [0.15, 0.2) is 0 Å². The van der Waals surface area contributed by atoms with Gasteiger partial charge in [0.25, 0.3) is 0 Å². The summed E-state index contributed by atoms with van der Waals surface area (Å²) in [5.74, 6) is -2.51. The van der Waals surface area contributed by atoms with Gasteiger partial charge in [-0.3, -0.25) is 38.4 Å². The zero-order valence-corrected chi connectivity index (χ0v) is 48.7. The standard InChI is InChI=1S/C56H96N6O21/c1-38(63)61-47-49(72)51(74)55(36-80-53(47)82-55)34-78-27-13-11-18-42(66)57-23-15-25-59-44(68)21-29-76-32-40(31-41(65)17-9-7-5-3-4-6-8-10-20-46(70)71)33-77-30-22-45(69)60-26-16-24-58-43(67)19-12-14-28-79-35-56-37-81-54(83-56)48(62-39(2)64)50(73)52(56)75/h40,47-54,72-75H,3-37H2,1-2H3,(H,57,66)(H,58,67)(H,59,68)(H,60,69)(H,61,63)(H,62,64)(H,70,71)/t47-,48-,49-,50-,51-,52-,53+,54+,55+,56+/m1/s1. The number of carboxylic acid groups (broad SMARTS) is 1. The van der Waals surface area contributed by atoms with E-state index in [1.54, 1.807) is 0 Å². The Morgan fingerprint density at radius 1 is 0.470 bits per heavy atom. The van der Waals surface area contributed by atoms with Crippen molar-refractivity contribution in [2.24, 2.45) is 5.92 Å². The van der Waals surface area contributed by atoms with E-state index in [0.29, 0.717) is 77.5 Å². The number of ether oxygens (including phenoxy) is 8. The van der Waals surface area contributed by atoms with Gasteiger partial charge in [-0.1, -0.05) is 38.5 Å². The van der Waals surface area contributed by atoms with Crippen LogP contribution in [0.3, 0.4) is 0 Å². The summed E-state index contributed by atoms with van der Waals surface area (Å²) >= 11 is 0. The molecule has 4 saturated heterocycles. The molecule has 4 heterocycles. The van der Waals surface area contributed by atoms with E-state index in [4.69, 9.17) is 43.0 Å². The quantitative estimate of drug-likeness (QED) is 0.0348. The lowest BCUT2D eigenvalue weighted by atomic mass is 9.88. The first-order valence-corrected chi connectivity index (χ1v) is 29.8. The molecule has 4 aliphatic rings. The van der Waals surface area contributed by atoms with Crippen molar-refractivity contribution >= 4 is 47.2 Å². The maximum absolute atomic E-state index is 13.0. The largest absolute Gasteiger partial charge is 0.481 e. The number of carboxylic acids is 1. The average molecular weight is 1190 g/mol. The number of amides is 6. The topological polar surface area (TPSA) is 384 Å². The number of carbonyl (C=O) groups excluding carboxylic acids is 7. The minimum atomic E-state index is -1.34. The highest BCUT2D eigenvalue weighted by molar-refractivity contribution is 5.79. The van der Waals surface area contributed by atoms with Gasteiger partial charge in [-0.25, -0.2) is 0 Å². The van der Waals surface area contributed by atoms with Crippen LogP contribution in [0.5, 0.6) is 0 Å². The molecule has 0 aromatic heterocycles. The van der Waals surface area contributed by atoms with Crippen LogP contribution in [-0.4, -0.2) is 225 Å². The Labute approximate surface area is 486 Å². The van der Waals surface area contributed by atoms with E-state index < -0.39 is 78.1 Å². The van der Waals surface area contributed by atoms with Crippen molar-refractivity contribution in [3.63, 3.8) is 0 Å². The average Bonchev–Trinajstić information content (AvgIpc) is 3.61. The van der Waals surface area contributed by atoms with E-state index in [2.05, 4.69) is 31.9 Å². The van der Waals surface area contributed by atoms with Gasteiger partial charge >= 0.3 is 5.97 Å². The Bertz CT molecular complexity index is 1880.